The standard InChI is InChI=1S/C35H34N10O7/c1-20-14-23(30(46)47)17-28(15-20)43-41-22(3)5-4-21(2)36-33-38-34(40-35(39-33)45-10-12-52-13-11-45)37-26-6-8-27(9-7-26)42-44-29-18-24(31(48)49)16-25(19-29)32(50)51/h4-9,14-19H,10-13H2,1-3H3,(H,46,47)(H,48,49)(H,50,51)(H2,36,37,38,39,40)/b21-4+,22-5+,43-41?,44-42?. The van der Waals surface area contributed by atoms with Crippen molar-refractivity contribution in [2.24, 2.45) is 20.5 Å². The second kappa shape index (κ2) is 16.7. The molecule has 3 aromatic carbocycles. The first-order valence-corrected chi connectivity index (χ1v) is 15.8. The maximum absolute atomic E-state index is 11.4. The van der Waals surface area contributed by atoms with Gasteiger partial charge in [-0.15, -0.1) is 0 Å². The van der Waals surface area contributed by atoms with Gasteiger partial charge in [-0.25, -0.2) is 14.4 Å². The van der Waals surface area contributed by atoms with E-state index >= 15 is 0 Å². The molecule has 1 aliphatic rings. The summed E-state index contributed by atoms with van der Waals surface area (Å²) in [7, 11) is 0. The van der Waals surface area contributed by atoms with E-state index in [1.807, 2.05) is 11.8 Å². The second-order valence-corrected chi connectivity index (χ2v) is 11.5. The van der Waals surface area contributed by atoms with E-state index in [9.17, 15) is 29.7 Å². The predicted octanol–water partition coefficient (Wildman–Crippen LogP) is 7.27. The number of allylic oxidation sites excluding steroid dienone is 4. The first-order valence-electron chi connectivity index (χ1n) is 15.8. The maximum Gasteiger partial charge on any atom is 0.335 e. The largest absolute Gasteiger partial charge is 0.478 e. The van der Waals surface area contributed by atoms with Crippen LogP contribution in [0.5, 0.6) is 0 Å². The minimum atomic E-state index is -1.28. The smallest absolute Gasteiger partial charge is 0.335 e. The molecule has 0 aliphatic carbocycles. The fourth-order valence-corrected chi connectivity index (χ4v) is 4.73. The van der Waals surface area contributed by atoms with E-state index in [0.717, 1.165) is 11.6 Å². The van der Waals surface area contributed by atoms with Crippen LogP contribution in [0.25, 0.3) is 0 Å². The van der Waals surface area contributed by atoms with Crippen molar-refractivity contribution < 1.29 is 34.4 Å². The summed E-state index contributed by atoms with van der Waals surface area (Å²) in [5, 5.41) is 50.8. The van der Waals surface area contributed by atoms with Gasteiger partial charge in [-0.3, -0.25) is 0 Å². The zero-order chi connectivity index (χ0) is 37.2. The van der Waals surface area contributed by atoms with Gasteiger partial charge in [-0.2, -0.15) is 35.4 Å². The molecule has 2 heterocycles. The number of aryl methyl sites for hydroxylation is 1. The first kappa shape index (κ1) is 36.4. The number of anilines is 4. The van der Waals surface area contributed by atoms with Crippen LogP contribution >= 0.6 is 0 Å². The summed E-state index contributed by atoms with van der Waals surface area (Å²) in [4.78, 5) is 49.9. The van der Waals surface area contributed by atoms with Gasteiger partial charge in [-0.05, 0) is 99.2 Å². The number of hydrogen-bond donors (Lipinski definition) is 5. The van der Waals surface area contributed by atoms with E-state index in [4.69, 9.17) is 4.74 Å². The van der Waals surface area contributed by atoms with E-state index in [0.29, 0.717) is 60.7 Å². The van der Waals surface area contributed by atoms with Gasteiger partial charge < -0.3 is 35.6 Å². The van der Waals surface area contributed by atoms with Gasteiger partial charge in [-0.1, -0.05) is 0 Å². The molecule has 52 heavy (non-hydrogen) atoms. The van der Waals surface area contributed by atoms with Crippen LogP contribution in [0.15, 0.2) is 105 Å². The summed E-state index contributed by atoms with van der Waals surface area (Å²) < 4.78 is 5.49. The topological polar surface area (TPSA) is 237 Å². The molecule has 0 spiro atoms. The third-order valence-electron chi connectivity index (χ3n) is 7.25. The molecule has 1 fully saturated rings. The number of morpholine rings is 1. The summed E-state index contributed by atoms with van der Waals surface area (Å²) in [5.74, 6) is -2.59. The third-order valence-corrected chi connectivity index (χ3v) is 7.25. The van der Waals surface area contributed by atoms with E-state index in [-0.39, 0.29) is 34.3 Å². The second-order valence-electron chi connectivity index (χ2n) is 11.5. The van der Waals surface area contributed by atoms with Crippen molar-refractivity contribution in [3.05, 3.63) is 106 Å². The van der Waals surface area contributed by atoms with Crippen molar-refractivity contribution in [1.82, 2.24) is 15.0 Å². The molecule has 17 nitrogen and oxygen atoms in total. The summed E-state index contributed by atoms with van der Waals surface area (Å²) in [6, 6.07) is 15.1. The third kappa shape index (κ3) is 10.3. The minimum absolute atomic E-state index is 0.0816. The first-order chi connectivity index (χ1) is 24.9. The molecule has 1 aliphatic heterocycles. The van der Waals surface area contributed by atoms with Crippen LogP contribution in [0.4, 0.5) is 40.6 Å². The molecule has 4 aromatic rings. The van der Waals surface area contributed by atoms with Gasteiger partial charge in [0, 0.05) is 24.5 Å². The molecule has 0 amide bonds. The molecule has 1 saturated heterocycles. The Morgan fingerprint density at radius 1 is 0.731 bits per heavy atom. The van der Waals surface area contributed by atoms with Crippen LogP contribution in [0.2, 0.25) is 0 Å². The maximum atomic E-state index is 11.4. The van der Waals surface area contributed by atoms with E-state index in [1.165, 1.54) is 18.2 Å². The zero-order valence-electron chi connectivity index (χ0n) is 28.3. The number of aromatic carboxylic acids is 3. The highest BCUT2D eigenvalue weighted by atomic mass is 16.5. The highest BCUT2D eigenvalue weighted by molar-refractivity contribution is 5.95. The average Bonchev–Trinajstić information content (AvgIpc) is 3.12. The Morgan fingerprint density at radius 3 is 1.94 bits per heavy atom. The predicted molar refractivity (Wildman–Crippen MR) is 191 cm³/mol. The fourth-order valence-electron chi connectivity index (χ4n) is 4.73. The number of azo groups is 2. The van der Waals surface area contributed by atoms with Crippen molar-refractivity contribution in [3.63, 3.8) is 0 Å². The van der Waals surface area contributed by atoms with Crippen LogP contribution in [0.1, 0.15) is 50.5 Å². The van der Waals surface area contributed by atoms with Gasteiger partial charge in [0.2, 0.25) is 17.8 Å². The Labute approximate surface area is 297 Å². The minimum Gasteiger partial charge on any atom is -0.478 e. The lowest BCUT2D eigenvalue weighted by Crippen LogP contribution is -2.37. The molecular weight excluding hydrogens is 672 g/mol. The zero-order valence-corrected chi connectivity index (χ0v) is 28.3. The van der Waals surface area contributed by atoms with Crippen LogP contribution in [0, 0.1) is 6.92 Å². The number of carboxylic acid groups (broad SMARTS) is 3. The summed E-state index contributed by atoms with van der Waals surface area (Å²) in [6.45, 7) is 7.65. The number of ether oxygens (including phenoxy) is 1. The van der Waals surface area contributed by atoms with Crippen LogP contribution in [-0.4, -0.2) is 74.5 Å². The molecule has 266 valence electrons. The average molecular weight is 707 g/mol. The molecule has 0 saturated carbocycles. The number of hydrogen-bond acceptors (Lipinski definition) is 14. The summed E-state index contributed by atoms with van der Waals surface area (Å²) >= 11 is 0. The number of carboxylic acids is 3. The van der Waals surface area contributed by atoms with Crippen molar-refractivity contribution in [3.8, 4) is 0 Å². The van der Waals surface area contributed by atoms with Crippen molar-refractivity contribution in [2.45, 2.75) is 20.8 Å². The lowest BCUT2D eigenvalue weighted by molar-refractivity contribution is 0.0682. The van der Waals surface area contributed by atoms with Crippen molar-refractivity contribution >= 4 is 58.5 Å². The molecule has 1 aromatic heterocycles. The van der Waals surface area contributed by atoms with Gasteiger partial charge in [0.05, 0.1) is 52.7 Å². The molecule has 5 N–H and O–H groups in total. The van der Waals surface area contributed by atoms with Crippen LogP contribution in [0.3, 0.4) is 0 Å². The van der Waals surface area contributed by atoms with Gasteiger partial charge in [0.15, 0.2) is 0 Å². The summed E-state index contributed by atoms with van der Waals surface area (Å²) in [5.41, 5.74) is 3.32. The van der Waals surface area contributed by atoms with Gasteiger partial charge >= 0.3 is 17.9 Å². The Bertz CT molecular complexity index is 2080. The Morgan fingerprint density at radius 2 is 1.31 bits per heavy atom. The van der Waals surface area contributed by atoms with Crippen molar-refractivity contribution in [1.29, 1.82) is 0 Å². The highest BCUT2D eigenvalue weighted by Gasteiger charge is 2.17. The van der Waals surface area contributed by atoms with Crippen molar-refractivity contribution in [2.75, 3.05) is 41.8 Å². The number of benzene rings is 3. The lowest BCUT2D eigenvalue weighted by Gasteiger charge is -2.27. The number of nitrogens with zero attached hydrogens (tertiary/aromatic N) is 8. The van der Waals surface area contributed by atoms with E-state index in [1.54, 1.807) is 62.4 Å². The molecule has 5 rings (SSSR count). The molecular formula is C35H34N10O7. The monoisotopic (exact) mass is 706 g/mol. The normalized spacial score (nSPS) is 13.8. The summed E-state index contributed by atoms with van der Waals surface area (Å²) in [6.07, 6.45) is 3.53. The Kier molecular flexibility index (Phi) is 11.7. The molecule has 0 unspecified atom stereocenters. The number of carbonyl (C=O) groups is 3. The van der Waals surface area contributed by atoms with Crippen LogP contribution in [-0.2, 0) is 4.74 Å². The Balaban J connectivity index is 1.31. The van der Waals surface area contributed by atoms with Gasteiger partial charge in [0.25, 0.3) is 0 Å². The SMILES string of the molecule is C/C(=C\C=C(/C)Nc1nc(Nc2ccc(N=Nc3cc(C(=O)O)cc(C(=O)O)c3)cc2)nc(N2CCOCC2)n1)N=Nc1cc(C)cc(C(=O)O)c1. The Hall–Kier alpha value is -6.88. The molecule has 17 heteroatoms. The molecule has 0 radical (unpaired) electrons. The highest BCUT2D eigenvalue weighted by Crippen LogP contribution is 2.25. The van der Waals surface area contributed by atoms with Crippen LogP contribution < -0.4 is 15.5 Å². The van der Waals surface area contributed by atoms with Gasteiger partial charge in [0.1, 0.15) is 0 Å². The van der Waals surface area contributed by atoms with E-state index < -0.39 is 17.9 Å². The van der Waals surface area contributed by atoms with E-state index in [2.05, 4.69) is 46.0 Å². The number of nitrogens with one attached hydrogen (secondary N) is 2. The quantitative estimate of drug-likeness (QED) is 0.0680. The fraction of sp³-hybridized carbons (Fsp3) is 0.200. The number of aromatic nitrogens is 3. The molecule has 0 bridgehead atoms. The number of rotatable bonds is 13. The molecule has 0 atom stereocenters. The lowest BCUT2D eigenvalue weighted by atomic mass is 10.1.